The predicted molar refractivity (Wildman–Crippen MR) is 215 cm³/mol. The van der Waals surface area contributed by atoms with Crippen LogP contribution in [0.15, 0.2) is 98.1 Å². The van der Waals surface area contributed by atoms with Crippen molar-refractivity contribution in [3.63, 3.8) is 0 Å². The minimum Gasteiger partial charge on any atom is -0.356 e. The van der Waals surface area contributed by atoms with E-state index in [4.69, 9.17) is 30.6 Å². The molecule has 0 aliphatic heterocycles. The molecule has 0 saturated carbocycles. The Bertz CT molecular complexity index is 1320. The van der Waals surface area contributed by atoms with Crippen LogP contribution in [0.3, 0.4) is 0 Å². The van der Waals surface area contributed by atoms with Gasteiger partial charge >= 0.3 is 44.8 Å². The van der Waals surface area contributed by atoms with Crippen LogP contribution in [0.4, 0.5) is 0 Å². The average molecular weight is 969 g/mol. The third-order valence-electron chi connectivity index (χ3n) is 9.05. The van der Waals surface area contributed by atoms with Gasteiger partial charge in [0.25, 0.3) is 0 Å². The van der Waals surface area contributed by atoms with E-state index >= 15 is 0 Å². The van der Waals surface area contributed by atoms with Gasteiger partial charge in [0, 0.05) is 49.6 Å². The fourth-order valence-electron chi connectivity index (χ4n) is 5.73. The monoisotopic (exact) mass is 966 g/mol. The molecule has 4 aromatic heterocycles. The third-order valence-corrected chi connectivity index (χ3v) is 23.1. The van der Waals surface area contributed by atoms with Gasteiger partial charge in [-0.15, -0.1) is 0 Å². The van der Waals surface area contributed by atoms with E-state index in [0.29, 0.717) is 0 Å². The molecule has 0 amide bonds. The Morgan fingerprint density at radius 1 is 0.404 bits per heavy atom. The summed E-state index contributed by atoms with van der Waals surface area (Å²) in [5, 5.41) is 35.6. The number of aromatic nitrogens is 4. The van der Waals surface area contributed by atoms with Crippen LogP contribution in [0.1, 0.15) is 12.8 Å². The molecule has 12 nitrogen and oxygen atoms in total. The van der Waals surface area contributed by atoms with E-state index in [2.05, 4.69) is 121 Å². The molecule has 4 aromatic rings. The van der Waals surface area contributed by atoms with Crippen molar-refractivity contribution >= 4 is 53.0 Å². The molecule has 4 heterocycles. The number of pyridine rings is 4. The maximum atomic E-state index is 8.25. The zero-order valence-corrected chi connectivity index (χ0v) is 38.2. The van der Waals surface area contributed by atoms with Gasteiger partial charge in [-0.1, -0.05) is 110 Å². The minimum absolute atomic E-state index is 0. The molecule has 292 valence electrons. The summed E-state index contributed by atoms with van der Waals surface area (Å²) in [5.74, 6) is 0. The van der Waals surface area contributed by atoms with Gasteiger partial charge in [-0.3, -0.25) is 19.9 Å². The van der Waals surface area contributed by atoms with E-state index in [9.17, 15) is 0 Å². The second-order valence-electron chi connectivity index (χ2n) is 14.6. The number of hydrogen-bond donors (Lipinski definition) is 0. The maximum Gasteiger partial charge on any atom is 1.00 e. The van der Waals surface area contributed by atoms with Crippen molar-refractivity contribution in [2.45, 2.75) is 89.4 Å². The molecule has 0 aromatic carbocycles. The smallest absolute Gasteiger partial charge is 0.356 e. The Balaban J connectivity index is 0. The summed E-state index contributed by atoms with van der Waals surface area (Å²) in [6.45, 7) is 19.8. The Morgan fingerprint density at radius 3 is 0.673 bits per heavy atom. The minimum atomic E-state index is -1.75. The van der Waals surface area contributed by atoms with Crippen molar-refractivity contribution in [1.29, 1.82) is 0 Å². The van der Waals surface area contributed by atoms with Gasteiger partial charge in [-0.2, -0.15) is 0 Å². The third kappa shape index (κ3) is 21.1. The SMILES string of the molecule is C[Si](C)(CCC[Si](C)(C)c1ccncc1)c1ccncc1.C[Si](C)(CCC[Si](C)(C)c1ccncc1)c1ccncc1.O=[N+]([O-])[O-].O=[N+]([O-])[O-].[Ag+].[Ag+]. The normalized spacial score (nSPS) is 10.9. The van der Waals surface area contributed by atoms with Crippen molar-refractivity contribution in [1.82, 2.24) is 19.9 Å². The second kappa shape index (κ2) is 25.4. The molecule has 0 bridgehead atoms. The Hall–Kier alpha value is -2.65. The van der Waals surface area contributed by atoms with Crippen LogP contribution >= 0.6 is 0 Å². The molecule has 0 aliphatic rings. The zero-order valence-electron chi connectivity index (χ0n) is 31.2. The zero-order chi connectivity index (χ0) is 37.8. The molecule has 0 unspecified atom stereocenters. The topological polar surface area (TPSA) is 184 Å². The van der Waals surface area contributed by atoms with Gasteiger partial charge < -0.3 is 30.6 Å². The second-order valence-corrected chi connectivity index (χ2v) is 34.0. The molecule has 52 heavy (non-hydrogen) atoms. The molecule has 0 fully saturated rings. The first-order valence-electron chi connectivity index (χ1n) is 16.6. The molecule has 0 atom stereocenters. The summed E-state index contributed by atoms with van der Waals surface area (Å²) >= 11 is 0. The van der Waals surface area contributed by atoms with Gasteiger partial charge in [0.15, 0.2) is 0 Å². The van der Waals surface area contributed by atoms with Crippen molar-refractivity contribution in [2.24, 2.45) is 0 Å². The molecule has 0 spiro atoms. The first kappa shape index (κ1) is 51.5. The predicted octanol–water partition coefficient (Wildman–Crippen LogP) is 6.31. The van der Waals surface area contributed by atoms with Gasteiger partial charge in [0.2, 0.25) is 0 Å². The molecular weight excluding hydrogens is 916 g/mol. The molecular formula is C34H52Ag2N6O6Si4. The summed E-state index contributed by atoms with van der Waals surface area (Å²) in [6, 6.07) is 23.1. The van der Waals surface area contributed by atoms with E-state index in [1.807, 2.05) is 49.6 Å². The van der Waals surface area contributed by atoms with Gasteiger partial charge in [0.1, 0.15) is 0 Å². The fraction of sp³-hybridized carbons (Fsp3) is 0.412. The van der Waals surface area contributed by atoms with E-state index < -0.39 is 42.5 Å². The van der Waals surface area contributed by atoms with Crippen LogP contribution in [-0.4, -0.2) is 62.4 Å². The van der Waals surface area contributed by atoms with Crippen LogP contribution in [-0.2, 0) is 44.8 Å². The van der Waals surface area contributed by atoms with E-state index in [1.54, 1.807) is 0 Å². The Labute approximate surface area is 343 Å². The van der Waals surface area contributed by atoms with Gasteiger partial charge in [-0.25, -0.2) is 0 Å². The standard InChI is InChI=1S/2C17H26N2Si2.2Ag.2NO3/c2*1-20(2,16-6-10-18-11-7-16)14-5-15-21(3,4)17-8-12-19-13-9-17;;;2*2-1(3)4/h2*6-13H,5,14-15H2,1-4H3;;;;/q;;2*+1;2*-1. The largest absolute Gasteiger partial charge is 1.00 e. The Kier molecular flexibility index (Phi) is 25.1. The van der Waals surface area contributed by atoms with Crippen LogP contribution in [0, 0.1) is 30.6 Å². The summed E-state index contributed by atoms with van der Waals surface area (Å²) in [6.07, 6.45) is 18.1. The van der Waals surface area contributed by atoms with Crippen molar-refractivity contribution in [3.8, 4) is 0 Å². The fourth-order valence-corrected chi connectivity index (χ4v) is 16.0. The molecule has 0 N–H and O–H groups in total. The number of hydrogen-bond acceptors (Lipinski definition) is 10. The number of rotatable bonds is 12. The molecule has 4 rings (SSSR count). The van der Waals surface area contributed by atoms with E-state index in [1.165, 1.54) is 57.8 Å². The van der Waals surface area contributed by atoms with Crippen molar-refractivity contribution in [2.75, 3.05) is 0 Å². The summed E-state index contributed by atoms with van der Waals surface area (Å²) in [5.41, 5.74) is 0. The first-order valence-corrected chi connectivity index (χ1v) is 29.4. The van der Waals surface area contributed by atoms with E-state index in [-0.39, 0.29) is 44.8 Å². The summed E-state index contributed by atoms with van der Waals surface area (Å²) in [7, 11) is -5.24. The van der Waals surface area contributed by atoms with Crippen LogP contribution in [0.2, 0.25) is 76.6 Å². The van der Waals surface area contributed by atoms with Gasteiger partial charge in [0.05, 0.1) is 42.5 Å². The van der Waals surface area contributed by atoms with E-state index in [0.717, 1.165) is 0 Å². The summed E-state index contributed by atoms with van der Waals surface area (Å²) < 4.78 is 0. The molecule has 0 radical (unpaired) electrons. The average Bonchev–Trinajstić information content (AvgIpc) is 3.06. The van der Waals surface area contributed by atoms with Crippen molar-refractivity contribution in [3.05, 3.63) is 129 Å². The Morgan fingerprint density at radius 2 is 0.538 bits per heavy atom. The first-order chi connectivity index (χ1) is 23.3. The quantitative estimate of drug-likeness (QED) is 0.0886. The van der Waals surface area contributed by atoms with Crippen LogP contribution in [0.25, 0.3) is 0 Å². The maximum absolute atomic E-state index is 8.25. The molecule has 0 saturated heterocycles. The number of nitrogens with zero attached hydrogens (tertiary/aromatic N) is 6. The van der Waals surface area contributed by atoms with Gasteiger partial charge in [-0.05, 0) is 48.5 Å². The molecule has 18 heteroatoms. The molecule has 0 aliphatic carbocycles. The van der Waals surface area contributed by atoms with Crippen molar-refractivity contribution < 1.29 is 54.9 Å². The van der Waals surface area contributed by atoms with Crippen LogP contribution in [0.5, 0.6) is 0 Å². The van der Waals surface area contributed by atoms with Crippen LogP contribution < -0.4 is 20.7 Å². The summed E-state index contributed by atoms with van der Waals surface area (Å²) in [4.78, 5) is 33.1.